The zero-order valence-corrected chi connectivity index (χ0v) is 11.7. The number of methoxy groups -OCH3 is 1. The average molecular weight is 274 g/mol. The van der Waals surface area contributed by atoms with Crippen molar-refractivity contribution in [3.63, 3.8) is 0 Å². The molecule has 0 bridgehead atoms. The molecule has 0 N–H and O–H groups in total. The first-order valence-electron chi connectivity index (χ1n) is 6.81. The van der Waals surface area contributed by atoms with Gasteiger partial charge in [-0.3, -0.25) is 0 Å². The fourth-order valence-electron chi connectivity index (χ4n) is 2.45. The number of aryl methyl sites for hydroxylation is 1. The lowest BCUT2D eigenvalue weighted by atomic mass is 10.1. The SMILES string of the molecule is COC1CCCN(c2ccc(-c3nc(C)no3)cn2)C1. The maximum Gasteiger partial charge on any atom is 0.259 e. The molecule has 106 valence electrons. The van der Waals surface area contributed by atoms with Crippen LogP contribution in [0.1, 0.15) is 18.7 Å². The Hall–Kier alpha value is -1.95. The zero-order valence-electron chi connectivity index (χ0n) is 11.7. The number of anilines is 1. The standard InChI is InChI=1S/C14H18N4O2/c1-10-16-14(20-17-10)11-5-6-13(15-8-11)18-7-3-4-12(9-18)19-2/h5-6,8,12H,3-4,7,9H2,1-2H3. The predicted molar refractivity (Wildman–Crippen MR) is 74.5 cm³/mol. The number of piperidine rings is 1. The topological polar surface area (TPSA) is 64.3 Å². The summed E-state index contributed by atoms with van der Waals surface area (Å²) in [5.41, 5.74) is 0.842. The molecular formula is C14H18N4O2. The summed E-state index contributed by atoms with van der Waals surface area (Å²) in [6.07, 6.45) is 4.32. The van der Waals surface area contributed by atoms with Gasteiger partial charge in [0.2, 0.25) is 0 Å². The van der Waals surface area contributed by atoms with Crippen molar-refractivity contribution in [1.82, 2.24) is 15.1 Å². The van der Waals surface area contributed by atoms with Gasteiger partial charge in [0.1, 0.15) is 5.82 Å². The third-order valence-corrected chi connectivity index (χ3v) is 3.56. The quantitative estimate of drug-likeness (QED) is 0.853. The molecule has 6 nitrogen and oxygen atoms in total. The summed E-state index contributed by atoms with van der Waals surface area (Å²) in [5, 5.41) is 3.79. The van der Waals surface area contributed by atoms with Crippen LogP contribution in [-0.2, 0) is 4.74 Å². The summed E-state index contributed by atoms with van der Waals surface area (Å²) < 4.78 is 10.6. The summed E-state index contributed by atoms with van der Waals surface area (Å²) in [6, 6.07) is 3.96. The monoisotopic (exact) mass is 274 g/mol. The summed E-state index contributed by atoms with van der Waals surface area (Å²) in [5.74, 6) is 2.10. The summed E-state index contributed by atoms with van der Waals surface area (Å²) in [4.78, 5) is 10.9. The highest BCUT2D eigenvalue weighted by Crippen LogP contribution is 2.22. The van der Waals surface area contributed by atoms with Crippen LogP contribution in [0.15, 0.2) is 22.9 Å². The Bertz CT molecular complexity index is 567. The fourth-order valence-corrected chi connectivity index (χ4v) is 2.45. The van der Waals surface area contributed by atoms with E-state index in [-0.39, 0.29) is 0 Å². The molecule has 1 unspecified atom stereocenters. The number of hydrogen-bond donors (Lipinski definition) is 0. The lowest BCUT2D eigenvalue weighted by Crippen LogP contribution is -2.39. The third kappa shape index (κ3) is 2.65. The molecule has 0 aromatic carbocycles. The number of ether oxygens (including phenoxy) is 1. The zero-order chi connectivity index (χ0) is 13.9. The van der Waals surface area contributed by atoms with Crippen molar-refractivity contribution in [2.45, 2.75) is 25.9 Å². The van der Waals surface area contributed by atoms with Gasteiger partial charge >= 0.3 is 0 Å². The Morgan fingerprint density at radius 1 is 1.40 bits per heavy atom. The van der Waals surface area contributed by atoms with Crippen molar-refractivity contribution in [3.8, 4) is 11.5 Å². The van der Waals surface area contributed by atoms with Gasteiger partial charge in [-0.05, 0) is 31.9 Å². The van der Waals surface area contributed by atoms with Crippen LogP contribution in [0.25, 0.3) is 11.5 Å². The second-order valence-electron chi connectivity index (χ2n) is 5.00. The van der Waals surface area contributed by atoms with E-state index < -0.39 is 0 Å². The van der Waals surface area contributed by atoms with Crippen LogP contribution in [-0.4, -0.2) is 41.4 Å². The molecule has 0 aliphatic carbocycles. The van der Waals surface area contributed by atoms with E-state index in [1.54, 1.807) is 20.2 Å². The Labute approximate surface area is 117 Å². The minimum absolute atomic E-state index is 0.295. The van der Waals surface area contributed by atoms with Crippen molar-refractivity contribution < 1.29 is 9.26 Å². The molecule has 3 heterocycles. The van der Waals surface area contributed by atoms with Crippen molar-refractivity contribution in [2.75, 3.05) is 25.1 Å². The largest absolute Gasteiger partial charge is 0.380 e. The molecule has 20 heavy (non-hydrogen) atoms. The minimum Gasteiger partial charge on any atom is -0.380 e. The molecule has 1 saturated heterocycles. The van der Waals surface area contributed by atoms with Gasteiger partial charge in [0, 0.05) is 26.4 Å². The van der Waals surface area contributed by atoms with Gasteiger partial charge in [0.05, 0.1) is 11.7 Å². The van der Waals surface area contributed by atoms with E-state index in [0.29, 0.717) is 17.8 Å². The van der Waals surface area contributed by atoms with Gasteiger partial charge in [0.25, 0.3) is 5.89 Å². The molecule has 0 saturated carbocycles. The molecule has 0 spiro atoms. The Morgan fingerprint density at radius 3 is 2.95 bits per heavy atom. The van der Waals surface area contributed by atoms with Crippen LogP contribution in [0.2, 0.25) is 0 Å². The smallest absolute Gasteiger partial charge is 0.259 e. The molecule has 1 aliphatic heterocycles. The van der Waals surface area contributed by atoms with Crippen molar-refractivity contribution in [3.05, 3.63) is 24.2 Å². The van der Waals surface area contributed by atoms with Gasteiger partial charge in [-0.2, -0.15) is 4.98 Å². The van der Waals surface area contributed by atoms with Crippen LogP contribution in [0.3, 0.4) is 0 Å². The number of hydrogen-bond acceptors (Lipinski definition) is 6. The first-order chi connectivity index (χ1) is 9.76. The Balaban J connectivity index is 1.75. The van der Waals surface area contributed by atoms with Gasteiger partial charge in [-0.15, -0.1) is 0 Å². The van der Waals surface area contributed by atoms with Crippen LogP contribution >= 0.6 is 0 Å². The highest BCUT2D eigenvalue weighted by atomic mass is 16.5. The van der Waals surface area contributed by atoms with E-state index in [9.17, 15) is 0 Å². The average Bonchev–Trinajstić information content (AvgIpc) is 2.94. The summed E-state index contributed by atoms with van der Waals surface area (Å²) in [7, 11) is 1.77. The summed E-state index contributed by atoms with van der Waals surface area (Å²) in [6.45, 7) is 3.71. The predicted octanol–water partition coefficient (Wildman–Crippen LogP) is 2.06. The number of aromatic nitrogens is 3. The van der Waals surface area contributed by atoms with Crippen molar-refractivity contribution in [2.24, 2.45) is 0 Å². The van der Waals surface area contributed by atoms with Crippen LogP contribution < -0.4 is 4.90 Å². The molecule has 1 aliphatic rings. The van der Waals surface area contributed by atoms with Crippen molar-refractivity contribution in [1.29, 1.82) is 0 Å². The van der Waals surface area contributed by atoms with E-state index >= 15 is 0 Å². The number of pyridine rings is 1. The highest BCUT2D eigenvalue weighted by Gasteiger charge is 2.20. The van der Waals surface area contributed by atoms with E-state index in [4.69, 9.17) is 9.26 Å². The molecule has 2 aromatic rings. The molecule has 0 radical (unpaired) electrons. The van der Waals surface area contributed by atoms with Crippen LogP contribution in [0.4, 0.5) is 5.82 Å². The van der Waals surface area contributed by atoms with Gasteiger partial charge in [-0.25, -0.2) is 4.98 Å². The normalized spacial score (nSPS) is 19.3. The molecular weight excluding hydrogens is 256 g/mol. The third-order valence-electron chi connectivity index (χ3n) is 3.56. The molecule has 1 fully saturated rings. The van der Waals surface area contributed by atoms with Gasteiger partial charge < -0.3 is 14.2 Å². The molecule has 3 rings (SSSR count). The first-order valence-corrected chi connectivity index (χ1v) is 6.81. The Morgan fingerprint density at radius 2 is 2.30 bits per heavy atom. The first kappa shape index (κ1) is 13.1. The van der Waals surface area contributed by atoms with E-state index in [2.05, 4.69) is 20.0 Å². The van der Waals surface area contributed by atoms with Gasteiger partial charge in [0.15, 0.2) is 5.82 Å². The van der Waals surface area contributed by atoms with Crippen LogP contribution in [0, 0.1) is 6.92 Å². The van der Waals surface area contributed by atoms with E-state index in [1.807, 2.05) is 12.1 Å². The molecule has 2 aromatic heterocycles. The maximum atomic E-state index is 5.44. The summed E-state index contributed by atoms with van der Waals surface area (Å²) >= 11 is 0. The second kappa shape index (κ2) is 5.58. The Kier molecular flexibility index (Phi) is 3.64. The number of rotatable bonds is 3. The lowest BCUT2D eigenvalue weighted by molar-refractivity contribution is 0.0891. The second-order valence-corrected chi connectivity index (χ2v) is 5.00. The molecule has 0 amide bonds. The number of nitrogens with zero attached hydrogens (tertiary/aromatic N) is 4. The van der Waals surface area contributed by atoms with E-state index in [1.165, 1.54) is 0 Å². The fraction of sp³-hybridized carbons (Fsp3) is 0.500. The maximum absolute atomic E-state index is 5.44. The van der Waals surface area contributed by atoms with Gasteiger partial charge in [-0.1, -0.05) is 5.16 Å². The van der Waals surface area contributed by atoms with Crippen LogP contribution in [0.5, 0.6) is 0 Å². The molecule has 1 atom stereocenters. The van der Waals surface area contributed by atoms with E-state index in [0.717, 1.165) is 37.3 Å². The minimum atomic E-state index is 0.295. The lowest BCUT2D eigenvalue weighted by Gasteiger charge is -2.32. The highest BCUT2D eigenvalue weighted by molar-refractivity contribution is 5.54. The molecule has 6 heteroatoms. The van der Waals surface area contributed by atoms with Crippen molar-refractivity contribution >= 4 is 5.82 Å².